The lowest BCUT2D eigenvalue weighted by molar-refractivity contribution is -0.111. The van der Waals surface area contributed by atoms with Gasteiger partial charge in [-0.05, 0) is 75.7 Å². The van der Waals surface area contributed by atoms with E-state index in [1.807, 2.05) is 99.3 Å². The number of aliphatic imine (C=N–C) groups is 2. The van der Waals surface area contributed by atoms with Crippen LogP contribution < -0.4 is 27.0 Å². The molecule has 0 bridgehead atoms. The second-order valence-electron chi connectivity index (χ2n) is 9.23. The molecule has 0 fully saturated rings. The van der Waals surface area contributed by atoms with Crippen molar-refractivity contribution in [2.45, 2.75) is 33.4 Å². The number of guanidine groups is 2. The molecule has 1 amide bonds. The van der Waals surface area contributed by atoms with Crippen molar-refractivity contribution in [1.82, 2.24) is 0 Å². The Bertz CT molecular complexity index is 1350. The average Bonchev–Trinajstić information content (AvgIpc) is 2.81. The summed E-state index contributed by atoms with van der Waals surface area (Å²) in [4.78, 5) is 22.9. The highest BCUT2D eigenvalue weighted by molar-refractivity contribution is 6.07. The second-order valence-corrected chi connectivity index (χ2v) is 9.23. The summed E-state index contributed by atoms with van der Waals surface area (Å²) in [5, 5.41) is 6.35. The number of benzene rings is 3. The first-order chi connectivity index (χ1) is 17.1. The third-order valence-corrected chi connectivity index (χ3v) is 5.73. The minimum Gasteiger partial charge on any atom is -0.369 e. The van der Waals surface area contributed by atoms with Gasteiger partial charge in [-0.2, -0.15) is 4.99 Å². The van der Waals surface area contributed by atoms with Crippen LogP contribution in [0.15, 0.2) is 82.8 Å². The van der Waals surface area contributed by atoms with Gasteiger partial charge in [0.25, 0.3) is 0 Å². The van der Waals surface area contributed by atoms with Crippen LogP contribution in [-0.2, 0) is 4.79 Å². The van der Waals surface area contributed by atoms with E-state index in [2.05, 4.69) is 20.6 Å². The first kappa shape index (κ1) is 24.5. The van der Waals surface area contributed by atoms with Gasteiger partial charge in [-0.3, -0.25) is 9.69 Å². The number of nitrogens with zero attached hydrogens (tertiary/aromatic N) is 3. The van der Waals surface area contributed by atoms with Crippen LogP contribution in [0.2, 0.25) is 0 Å². The maximum atomic E-state index is 12.5. The van der Waals surface area contributed by atoms with Crippen LogP contribution in [0.4, 0.5) is 22.7 Å². The Morgan fingerprint density at radius 2 is 1.53 bits per heavy atom. The van der Waals surface area contributed by atoms with Crippen LogP contribution in [0.25, 0.3) is 6.08 Å². The number of aryl methyl sites for hydroxylation is 2. The predicted molar refractivity (Wildman–Crippen MR) is 150 cm³/mol. The summed E-state index contributed by atoms with van der Waals surface area (Å²) in [6.45, 7) is 7.88. The Morgan fingerprint density at radius 3 is 2.14 bits per heavy atom. The molecular weight excluding hydrogens is 450 g/mol. The number of carbonyl (C=O) groups is 1. The molecule has 0 aliphatic carbocycles. The van der Waals surface area contributed by atoms with Gasteiger partial charge < -0.3 is 22.1 Å². The lowest BCUT2D eigenvalue weighted by Crippen LogP contribution is -2.54. The fourth-order valence-electron chi connectivity index (χ4n) is 3.96. The van der Waals surface area contributed by atoms with Gasteiger partial charge in [-0.25, -0.2) is 4.99 Å². The summed E-state index contributed by atoms with van der Waals surface area (Å²) in [6, 6.07) is 21.5. The van der Waals surface area contributed by atoms with Crippen LogP contribution in [0.5, 0.6) is 0 Å². The molecule has 8 nitrogen and oxygen atoms in total. The fraction of sp³-hybridized carbons (Fsp3) is 0.179. The molecule has 3 aromatic carbocycles. The van der Waals surface area contributed by atoms with E-state index >= 15 is 0 Å². The van der Waals surface area contributed by atoms with Gasteiger partial charge in [-0.1, -0.05) is 41.5 Å². The molecule has 0 radical (unpaired) electrons. The van der Waals surface area contributed by atoms with E-state index in [-0.39, 0.29) is 17.8 Å². The van der Waals surface area contributed by atoms with Gasteiger partial charge in [0.15, 0.2) is 0 Å². The minimum atomic E-state index is -0.745. The van der Waals surface area contributed by atoms with Gasteiger partial charge in [0.2, 0.25) is 17.8 Å². The third kappa shape index (κ3) is 5.72. The number of rotatable bonds is 6. The molecule has 4 rings (SSSR count). The standard InChI is InChI=1S/C28H31N7O/c1-18-5-11-21(12-6-18)31-23-17-20(10-16-25(36)32-22-13-7-19(2)8-14-22)9-15-24(23)35-27(30)33-26(29)34-28(35,3)4/h5-17,31H,1-4H3,(H,32,36)(H4,29,30,33,34)/b16-10+. The summed E-state index contributed by atoms with van der Waals surface area (Å²) < 4.78 is 0. The number of carbonyl (C=O) groups excluding carboxylic acids is 1. The van der Waals surface area contributed by atoms with E-state index in [4.69, 9.17) is 11.5 Å². The maximum Gasteiger partial charge on any atom is 0.248 e. The molecule has 0 saturated heterocycles. The quantitative estimate of drug-likeness (QED) is 0.374. The Hall–Kier alpha value is -4.59. The Kier molecular flexibility index (Phi) is 6.78. The first-order valence-corrected chi connectivity index (χ1v) is 11.6. The molecule has 8 heteroatoms. The van der Waals surface area contributed by atoms with Crippen molar-refractivity contribution < 1.29 is 4.79 Å². The molecule has 0 unspecified atom stereocenters. The number of anilines is 4. The second kappa shape index (κ2) is 9.95. The minimum absolute atomic E-state index is 0.140. The largest absolute Gasteiger partial charge is 0.369 e. The summed E-state index contributed by atoms with van der Waals surface area (Å²) >= 11 is 0. The van der Waals surface area contributed by atoms with Crippen molar-refractivity contribution in [2.24, 2.45) is 21.5 Å². The SMILES string of the molecule is Cc1ccc(NC(=O)/C=C/c2ccc(N3C(N)=NC(N)=NC3(C)C)c(Nc3ccc(C)cc3)c2)cc1. The van der Waals surface area contributed by atoms with Crippen molar-refractivity contribution in [3.05, 3.63) is 89.5 Å². The topological polar surface area (TPSA) is 121 Å². The van der Waals surface area contributed by atoms with Crippen LogP contribution >= 0.6 is 0 Å². The van der Waals surface area contributed by atoms with Gasteiger partial charge in [0.05, 0.1) is 11.4 Å². The molecule has 184 valence electrons. The Morgan fingerprint density at radius 1 is 0.917 bits per heavy atom. The normalized spacial score (nSPS) is 14.8. The number of nitrogens with two attached hydrogens (primary N) is 2. The predicted octanol–water partition coefficient (Wildman–Crippen LogP) is 4.88. The van der Waals surface area contributed by atoms with E-state index in [0.29, 0.717) is 0 Å². The van der Waals surface area contributed by atoms with Crippen molar-refractivity contribution in [1.29, 1.82) is 0 Å². The van der Waals surface area contributed by atoms with Crippen molar-refractivity contribution in [2.75, 3.05) is 15.5 Å². The maximum absolute atomic E-state index is 12.5. The molecule has 1 aliphatic rings. The summed E-state index contributed by atoms with van der Waals surface area (Å²) in [6.07, 6.45) is 3.28. The van der Waals surface area contributed by atoms with Gasteiger partial charge in [0.1, 0.15) is 5.66 Å². The number of hydrogen-bond acceptors (Lipinski definition) is 7. The lowest BCUT2D eigenvalue weighted by Gasteiger charge is -2.39. The van der Waals surface area contributed by atoms with Crippen molar-refractivity contribution in [3.63, 3.8) is 0 Å². The molecule has 0 saturated carbocycles. The van der Waals surface area contributed by atoms with Crippen LogP contribution in [-0.4, -0.2) is 23.5 Å². The fourth-order valence-corrected chi connectivity index (χ4v) is 3.96. The van der Waals surface area contributed by atoms with Gasteiger partial charge in [0, 0.05) is 17.5 Å². The van der Waals surface area contributed by atoms with E-state index < -0.39 is 5.66 Å². The van der Waals surface area contributed by atoms with Crippen LogP contribution in [0.3, 0.4) is 0 Å². The number of hydrogen-bond donors (Lipinski definition) is 4. The zero-order valence-corrected chi connectivity index (χ0v) is 20.9. The third-order valence-electron chi connectivity index (χ3n) is 5.73. The smallest absolute Gasteiger partial charge is 0.248 e. The van der Waals surface area contributed by atoms with E-state index in [1.165, 1.54) is 6.08 Å². The Balaban J connectivity index is 1.65. The summed E-state index contributed by atoms with van der Waals surface area (Å²) in [5.41, 5.74) is 17.8. The van der Waals surface area contributed by atoms with Crippen LogP contribution in [0, 0.1) is 13.8 Å². The molecule has 0 atom stereocenters. The summed E-state index contributed by atoms with van der Waals surface area (Å²) in [5.74, 6) is 0.176. The average molecular weight is 482 g/mol. The molecule has 0 spiro atoms. The molecule has 6 N–H and O–H groups in total. The van der Waals surface area contributed by atoms with E-state index in [0.717, 1.165) is 39.4 Å². The highest BCUT2D eigenvalue weighted by atomic mass is 16.1. The highest BCUT2D eigenvalue weighted by Crippen LogP contribution is 2.36. The van der Waals surface area contributed by atoms with Crippen molar-refractivity contribution in [3.8, 4) is 0 Å². The first-order valence-electron chi connectivity index (χ1n) is 11.6. The zero-order valence-electron chi connectivity index (χ0n) is 20.9. The molecule has 1 aliphatic heterocycles. The summed E-state index contributed by atoms with van der Waals surface area (Å²) in [7, 11) is 0. The monoisotopic (exact) mass is 481 g/mol. The molecular formula is C28H31N7O. The number of amides is 1. The highest BCUT2D eigenvalue weighted by Gasteiger charge is 2.34. The zero-order chi connectivity index (χ0) is 25.9. The van der Waals surface area contributed by atoms with Gasteiger partial charge >= 0.3 is 0 Å². The number of nitrogens with one attached hydrogen (secondary N) is 2. The van der Waals surface area contributed by atoms with Crippen LogP contribution in [0.1, 0.15) is 30.5 Å². The molecule has 36 heavy (non-hydrogen) atoms. The van der Waals surface area contributed by atoms with E-state index in [1.54, 1.807) is 6.08 Å². The molecule has 0 aromatic heterocycles. The van der Waals surface area contributed by atoms with Crippen molar-refractivity contribution >= 4 is 46.7 Å². The van der Waals surface area contributed by atoms with E-state index in [9.17, 15) is 4.79 Å². The van der Waals surface area contributed by atoms with Gasteiger partial charge in [-0.15, -0.1) is 0 Å². The molecule has 1 heterocycles. The molecule has 3 aromatic rings. The Labute approximate surface area is 211 Å². The lowest BCUT2D eigenvalue weighted by atomic mass is 10.1.